The van der Waals surface area contributed by atoms with Crippen LogP contribution in [0.2, 0.25) is 0 Å². The van der Waals surface area contributed by atoms with E-state index in [9.17, 15) is 4.79 Å². The molecule has 0 saturated heterocycles. The second kappa shape index (κ2) is 6.41. The minimum atomic E-state index is -0.388. The molecular formula is C15H21N3O2S. The van der Waals surface area contributed by atoms with E-state index < -0.39 is 0 Å². The van der Waals surface area contributed by atoms with Crippen molar-refractivity contribution < 1.29 is 9.21 Å². The normalized spacial score (nSPS) is 14.1. The Morgan fingerprint density at radius 1 is 1.57 bits per heavy atom. The van der Waals surface area contributed by atoms with Crippen molar-refractivity contribution in [2.45, 2.75) is 32.7 Å². The van der Waals surface area contributed by atoms with E-state index in [-0.39, 0.29) is 23.8 Å². The lowest BCUT2D eigenvalue weighted by Crippen LogP contribution is -2.55. The quantitative estimate of drug-likeness (QED) is 0.859. The fraction of sp³-hybridized carbons (Fsp3) is 0.467. The Bertz CT molecular complexity index is 592. The number of amides is 1. The highest BCUT2D eigenvalue weighted by atomic mass is 32.1. The summed E-state index contributed by atoms with van der Waals surface area (Å²) in [5.74, 6) is 0.212. The predicted octanol–water partition coefficient (Wildman–Crippen LogP) is 2.44. The predicted molar refractivity (Wildman–Crippen MR) is 84.0 cm³/mol. The Balaban J connectivity index is 2.00. The average Bonchev–Trinajstić information content (AvgIpc) is 3.08. The summed E-state index contributed by atoms with van der Waals surface area (Å²) in [7, 11) is 0. The molecule has 114 valence electrons. The van der Waals surface area contributed by atoms with Gasteiger partial charge >= 0.3 is 0 Å². The molecule has 2 aromatic rings. The SMILES string of the molecule is CC(C)C(C)(CN)NC(=O)Cc1csc(-c2ccoc2)n1. The van der Waals surface area contributed by atoms with Gasteiger partial charge in [-0.1, -0.05) is 13.8 Å². The smallest absolute Gasteiger partial charge is 0.226 e. The Kier molecular flexibility index (Phi) is 4.80. The van der Waals surface area contributed by atoms with Crippen LogP contribution in [0.4, 0.5) is 0 Å². The molecule has 0 bridgehead atoms. The first-order valence-electron chi connectivity index (χ1n) is 6.92. The van der Waals surface area contributed by atoms with Crippen LogP contribution in [-0.2, 0) is 11.2 Å². The summed E-state index contributed by atoms with van der Waals surface area (Å²) in [6.07, 6.45) is 3.52. The highest BCUT2D eigenvalue weighted by Gasteiger charge is 2.28. The molecule has 1 atom stereocenters. The molecule has 2 aromatic heterocycles. The van der Waals surface area contributed by atoms with E-state index in [0.29, 0.717) is 6.54 Å². The van der Waals surface area contributed by atoms with Gasteiger partial charge in [0.1, 0.15) is 11.3 Å². The molecule has 2 rings (SSSR count). The van der Waals surface area contributed by atoms with E-state index in [1.54, 1.807) is 12.5 Å². The minimum absolute atomic E-state index is 0.0549. The molecule has 0 aromatic carbocycles. The first-order chi connectivity index (χ1) is 9.94. The van der Waals surface area contributed by atoms with Crippen molar-refractivity contribution >= 4 is 17.2 Å². The summed E-state index contributed by atoms with van der Waals surface area (Å²) in [4.78, 5) is 16.6. The number of aromatic nitrogens is 1. The van der Waals surface area contributed by atoms with Crippen LogP contribution >= 0.6 is 11.3 Å². The third kappa shape index (κ3) is 3.71. The molecule has 1 unspecified atom stereocenters. The second-order valence-electron chi connectivity index (χ2n) is 5.66. The Morgan fingerprint density at radius 2 is 2.33 bits per heavy atom. The van der Waals surface area contributed by atoms with Crippen LogP contribution in [0.3, 0.4) is 0 Å². The highest BCUT2D eigenvalue weighted by molar-refractivity contribution is 7.13. The third-order valence-electron chi connectivity index (χ3n) is 3.78. The number of nitrogens with two attached hydrogens (primary N) is 1. The van der Waals surface area contributed by atoms with Gasteiger partial charge in [-0.3, -0.25) is 4.79 Å². The number of thiazole rings is 1. The maximum Gasteiger partial charge on any atom is 0.226 e. The Morgan fingerprint density at radius 3 is 2.90 bits per heavy atom. The molecule has 2 heterocycles. The van der Waals surface area contributed by atoms with Gasteiger partial charge in [0.2, 0.25) is 5.91 Å². The molecule has 0 aliphatic rings. The summed E-state index contributed by atoms with van der Waals surface area (Å²) in [5.41, 5.74) is 7.08. The monoisotopic (exact) mass is 307 g/mol. The van der Waals surface area contributed by atoms with Crippen molar-refractivity contribution in [1.82, 2.24) is 10.3 Å². The number of furan rings is 1. The molecular weight excluding hydrogens is 286 g/mol. The van der Waals surface area contributed by atoms with Gasteiger partial charge in [0.15, 0.2) is 0 Å². The molecule has 0 saturated carbocycles. The van der Waals surface area contributed by atoms with Crippen molar-refractivity contribution in [3.8, 4) is 10.6 Å². The average molecular weight is 307 g/mol. The van der Waals surface area contributed by atoms with E-state index in [1.165, 1.54) is 11.3 Å². The molecule has 5 nitrogen and oxygen atoms in total. The summed E-state index contributed by atoms with van der Waals surface area (Å²) in [5, 5.41) is 5.78. The lowest BCUT2D eigenvalue weighted by atomic mass is 9.88. The minimum Gasteiger partial charge on any atom is -0.472 e. The van der Waals surface area contributed by atoms with E-state index in [0.717, 1.165) is 16.3 Å². The molecule has 0 aliphatic carbocycles. The summed E-state index contributed by atoms with van der Waals surface area (Å²) in [6.45, 7) is 6.47. The van der Waals surface area contributed by atoms with Gasteiger partial charge in [-0.25, -0.2) is 4.98 Å². The molecule has 0 spiro atoms. The number of carbonyl (C=O) groups excluding carboxylic acids is 1. The van der Waals surface area contributed by atoms with E-state index >= 15 is 0 Å². The van der Waals surface area contributed by atoms with Crippen LogP contribution in [-0.4, -0.2) is 23.0 Å². The summed E-state index contributed by atoms with van der Waals surface area (Å²) in [6, 6.07) is 1.85. The fourth-order valence-electron chi connectivity index (χ4n) is 1.87. The van der Waals surface area contributed by atoms with Gasteiger partial charge in [-0.15, -0.1) is 11.3 Å². The van der Waals surface area contributed by atoms with Crippen LogP contribution in [0.5, 0.6) is 0 Å². The number of nitrogens with one attached hydrogen (secondary N) is 1. The molecule has 6 heteroatoms. The van der Waals surface area contributed by atoms with Crippen molar-refractivity contribution in [3.63, 3.8) is 0 Å². The van der Waals surface area contributed by atoms with E-state index in [4.69, 9.17) is 10.2 Å². The van der Waals surface area contributed by atoms with Crippen molar-refractivity contribution in [1.29, 1.82) is 0 Å². The van der Waals surface area contributed by atoms with E-state index in [1.807, 2.05) is 32.2 Å². The van der Waals surface area contributed by atoms with Gasteiger partial charge < -0.3 is 15.5 Å². The molecule has 0 aliphatic heterocycles. The Hall–Kier alpha value is -1.66. The van der Waals surface area contributed by atoms with Gasteiger partial charge in [-0.05, 0) is 18.9 Å². The molecule has 0 fully saturated rings. The second-order valence-corrected chi connectivity index (χ2v) is 6.52. The maximum atomic E-state index is 12.2. The maximum absolute atomic E-state index is 12.2. The van der Waals surface area contributed by atoms with Crippen LogP contribution in [0, 0.1) is 5.92 Å². The van der Waals surface area contributed by atoms with Gasteiger partial charge in [-0.2, -0.15) is 0 Å². The number of hydrogen-bond donors (Lipinski definition) is 2. The standard InChI is InChI=1S/C15H21N3O2S/c1-10(2)15(3,9-16)18-13(19)6-12-8-21-14(17-12)11-4-5-20-7-11/h4-5,7-8,10H,6,9,16H2,1-3H3,(H,18,19). The lowest BCUT2D eigenvalue weighted by molar-refractivity contribution is -0.122. The summed E-state index contributed by atoms with van der Waals surface area (Å²) < 4.78 is 5.04. The van der Waals surface area contributed by atoms with Crippen molar-refractivity contribution in [2.24, 2.45) is 11.7 Å². The third-order valence-corrected chi connectivity index (χ3v) is 4.73. The fourth-order valence-corrected chi connectivity index (χ4v) is 2.67. The topological polar surface area (TPSA) is 81.1 Å². The van der Waals surface area contributed by atoms with Crippen LogP contribution in [0.25, 0.3) is 10.6 Å². The molecule has 1 amide bonds. The van der Waals surface area contributed by atoms with Gasteiger partial charge in [0.05, 0.1) is 23.9 Å². The van der Waals surface area contributed by atoms with Crippen molar-refractivity contribution in [3.05, 3.63) is 29.7 Å². The highest BCUT2D eigenvalue weighted by Crippen LogP contribution is 2.24. The van der Waals surface area contributed by atoms with Crippen LogP contribution in [0.15, 0.2) is 28.4 Å². The number of hydrogen-bond acceptors (Lipinski definition) is 5. The zero-order valence-electron chi connectivity index (χ0n) is 12.6. The first-order valence-corrected chi connectivity index (χ1v) is 7.80. The van der Waals surface area contributed by atoms with Crippen LogP contribution < -0.4 is 11.1 Å². The van der Waals surface area contributed by atoms with Gasteiger partial charge in [0, 0.05) is 17.5 Å². The molecule has 0 radical (unpaired) electrons. The van der Waals surface area contributed by atoms with Crippen molar-refractivity contribution in [2.75, 3.05) is 6.54 Å². The zero-order chi connectivity index (χ0) is 15.5. The number of carbonyl (C=O) groups is 1. The first kappa shape index (κ1) is 15.7. The Labute approximate surface area is 128 Å². The van der Waals surface area contributed by atoms with Gasteiger partial charge in [0.25, 0.3) is 0 Å². The zero-order valence-corrected chi connectivity index (χ0v) is 13.4. The number of nitrogens with zero attached hydrogens (tertiary/aromatic N) is 1. The lowest BCUT2D eigenvalue weighted by Gasteiger charge is -2.33. The molecule has 21 heavy (non-hydrogen) atoms. The largest absolute Gasteiger partial charge is 0.472 e. The van der Waals surface area contributed by atoms with Crippen LogP contribution in [0.1, 0.15) is 26.5 Å². The number of rotatable bonds is 6. The van der Waals surface area contributed by atoms with E-state index in [2.05, 4.69) is 10.3 Å². The summed E-state index contributed by atoms with van der Waals surface area (Å²) >= 11 is 1.50. The molecule has 3 N–H and O–H groups in total.